The lowest BCUT2D eigenvalue weighted by atomic mass is 10.0. The van der Waals surface area contributed by atoms with Crippen LogP contribution in [0.15, 0.2) is 18.2 Å². The third-order valence-electron chi connectivity index (χ3n) is 3.11. The lowest BCUT2D eigenvalue weighted by Crippen LogP contribution is -2.23. The van der Waals surface area contributed by atoms with Crippen molar-refractivity contribution in [3.63, 3.8) is 0 Å². The first-order valence-corrected chi connectivity index (χ1v) is 6.35. The molecule has 1 aromatic carbocycles. The molecular weight excluding hydrogens is 196 g/mol. The fourth-order valence-electron chi connectivity index (χ4n) is 2.29. The molecule has 0 atom stereocenters. The molecular formula is C14H22N2. The van der Waals surface area contributed by atoms with Crippen molar-refractivity contribution >= 4 is 5.69 Å². The second-order valence-electron chi connectivity index (χ2n) is 4.84. The lowest BCUT2D eigenvalue weighted by molar-refractivity contribution is 0.571. The Bertz CT molecular complexity index is 345. The van der Waals surface area contributed by atoms with E-state index in [1.807, 2.05) is 0 Å². The molecule has 0 unspecified atom stereocenters. The number of rotatable bonds is 5. The first kappa shape index (κ1) is 11.5. The van der Waals surface area contributed by atoms with Crippen LogP contribution in [0.5, 0.6) is 0 Å². The molecule has 2 N–H and O–H groups in total. The summed E-state index contributed by atoms with van der Waals surface area (Å²) in [6.07, 6.45) is 3.58. The summed E-state index contributed by atoms with van der Waals surface area (Å²) < 4.78 is 0. The molecule has 0 aromatic heterocycles. The van der Waals surface area contributed by atoms with Gasteiger partial charge in [-0.15, -0.1) is 0 Å². The number of fused-ring (bicyclic) bond motifs is 1. The molecule has 1 aliphatic rings. The Balaban J connectivity index is 1.88. The molecule has 0 aliphatic carbocycles. The maximum Gasteiger partial charge on any atom is 0.0406 e. The number of anilines is 1. The average Bonchev–Trinajstić information content (AvgIpc) is 2.72. The normalized spacial score (nSPS) is 13.9. The summed E-state index contributed by atoms with van der Waals surface area (Å²) in [6.45, 7) is 6.61. The summed E-state index contributed by atoms with van der Waals surface area (Å²) in [5, 5.41) is 6.96. The Hall–Kier alpha value is -1.02. The summed E-state index contributed by atoms with van der Waals surface area (Å²) in [6, 6.07) is 7.29. The maximum absolute atomic E-state index is 3.50. The first-order chi connectivity index (χ1) is 7.77. The molecule has 0 amide bonds. The van der Waals surface area contributed by atoms with Crippen molar-refractivity contribution in [2.24, 2.45) is 0 Å². The average molecular weight is 218 g/mol. The second kappa shape index (κ2) is 5.35. The van der Waals surface area contributed by atoms with E-state index in [0.29, 0.717) is 6.04 Å². The van der Waals surface area contributed by atoms with E-state index in [-0.39, 0.29) is 0 Å². The third kappa shape index (κ3) is 2.76. The van der Waals surface area contributed by atoms with E-state index in [0.717, 1.165) is 13.1 Å². The number of hydrogen-bond acceptors (Lipinski definition) is 2. The zero-order valence-corrected chi connectivity index (χ0v) is 10.3. The fraction of sp³-hybridized carbons (Fsp3) is 0.571. The second-order valence-corrected chi connectivity index (χ2v) is 4.84. The van der Waals surface area contributed by atoms with Crippen molar-refractivity contribution in [1.82, 2.24) is 5.32 Å². The Morgan fingerprint density at radius 2 is 2.25 bits per heavy atom. The van der Waals surface area contributed by atoms with Gasteiger partial charge in [0.15, 0.2) is 0 Å². The Labute approximate surface area is 98.4 Å². The predicted molar refractivity (Wildman–Crippen MR) is 70.1 cm³/mol. The smallest absolute Gasteiger partial charge is 0.0406 e. The van der Waals surface area contributed by atoms with Gasteiger partial charge in [-0.2, -0.15) is 0 Å². The predicted octanol–water partition coefficient (Wildman–Crippen LogP) is 2.59. The number of para-hydroxylation sites is 1. The van der Waals surface area contributed by atoms with Gasteiger partial charge in [0.25, 0.3) is 0 Å². The van der Waals surface area contributed by atoms with Gasteiger partial charge in [0.1, 0.15) is 0 Å². The van der Waals surface area contributed by atoms with Crippen molar-refractivity contribution in [3.05, 3.63) is 29.3 Å². The molecule has 16 heavy (non-hydrogen) atoms. The molecule has 0 spiro atoms. The quantitative estimate of drug-likeness (QED) is 0.742. The van der Waals surface area contributed by atoms with Crippen LogP contribution >= 0.6 is 0 Å². The van der Waals surface area contributed by atoms with Gasteiger partial charge in [0, 0.05) is 18.3 Å². The van der Waals surface area contributed by atoms with Gasteiger partial charge in [0.2, 0.25) is 0 Å². The Morgan fingerprint density at radius 1 is 1.38 bits per heavy atom. The van der Waals surface area contributed by atoms with Crippen molar-refractivity contribution in [1.29, 1.82) is 0 Å². The summed E-state index contributed by atoms with van der Waals surface area (Å²) in [5.41, 5.74) is 4.39. The molecule has 88 valence electrons. The van der Waals surface area contributed by atoms with Crippen LogP contribution in [0.2, 0.25) is 0 Å². The van der Waals surface area contributed by atoms with E-state index in [4.69, 9.17) is 0 Å². The summed E-state index contributed by atoms with van der Waals surface area (Å²) in [4.78, 5) is 0. The highest BCUT2D eigenvalue weighted by Gasteiger charge is 2.12. The van der Waals surface area contributed by atoms with Crippen LogP contribution in [0.1, 0.15) is 31.4 Å². The van der Waals surface area contributed by atoms with Crippen LogP contribution in [-0.2, 0) is 12.8 Å². The van der Waals surface area contributed by atoms with Crippen LogP contribution in [-0.4, -0.2) is 19.1 Å². The molecule has 2 heteroatoms. The minimum atomic E-state index is 0.597. The van der Waals surface area contributed by atoms with Crippen molar-refractivity contribution < 1.29 is 0 Å². The Morgan fingerprint density at radius 3 is 3.06 bits per heavy atom. The first-order valence-electron chi connectivity index (χ1n) is 6.35. The highest BCUT2D eigenvalue weighted by molar-refractivity contribution is 5.61. The van der Waals surface area contributed by atoms with Gasteiger partial charge in [0.05, 0.1) is 0 Å². The summed E-state index contributed by atoms with van der Waals surface area (Å²) in [5.74, 6) is 0. The van der Waals surface area contributed by atoms with Gasteiger partial charge in [-0.1, -0.05) is 32.0 Å². The SMILES string of the molecule is CC(C)NCCCc1cccc2c1NCC2. The minimum absolute atomic E-state index is 0.597. The maximum atomic E-state index is 3.50. The molecule has 1 aliphatic heterocycles. The van der Waals surface area contributed by atoms with E-state index < -0.39 is 0 Å². The largest absolute Gasteiger partial charge is 0.384 e. The molecule has 0 radical (unpaired) electrons. The topological polar surface area (TPSA) is 24.1 Å². The van der Waals surface area contributed by atoms with Crippen molar-refractivity contribution in [3.8, 4) is 0 Å². The molecule has 2 nitrogen and oxygen atoms in total. The van der Waals surface area contributed by atoms with Gasteiger partial charge in [-0.05, 0) is 36.9 Å². The van der Waals surface area contributed by atoms with Gasteiger partial charge in [-0.3, -0.25) is 0 Å². The van der Waals surface area contributed by atoms with Crippen LogP contribution in [0, 0.1) is 0 Å². The molecule has 1 heterocycles. The fourth-order valence-corrected chi connectivity index (χ4v) is 2.29. The molecule has 0 bridgehead atoms. The van der Waals surface area contributed by atoms with E-state index in [2.05, 4.69) is 42.7 Å². The summed E-state index contributed by atoms with van der Waals surface area (Å²) in [7, 11) is 0. The van der Waals surface area contributed by atoms with E-state index >= 15 is 0 Å². The molecule has 2 rings (SSSR count). The molecule has 0 fully saturated rings. The molecule has 0 saturated heterocycles. The monoisotopic (exact) mass is 218 g/mol. The van der Waals surface area contributed by atoms with Crippen LogP contribution < -0.4 is 10.6 Å². The van der Waals surface area contributed by atoms with Gasteiger partial charge >= 0.3 is 0 Å². The van der Waals surface area contributed by atoms with Gasteiger partial charge < -0.3 is 10.6 Å². The molecule has 0 saturated carbocycles. The number of hydrogen-bond donors (Lipinski definition) is 2. The highest BCUT2D eigenvalue weighted by atomic mass is 14.9. The lowest BCUT2D eigenvalue weighted by Gasteiger charge is -2.10. The van der Waals surface area contributed by atoms with Crippen molar-refractivity contribution in [2.75, 3.05) is 18.4 Å². The Kier molecular flexibility index (Phi) is 3.83. The van der Waals surface area contributed by atoms with E-state index in [1.54, 1.807) is 0 Å². The van der Waals surface area contributed by atoms with Crippen LogP contribution in [0.4, 0.5) is 5.69 Å². The van der Waals surface area contributed by atoms with Crippen molar-refractivity contribution in [2.45, 2.75) is 39.2 Å². The third-order valence-corrected chi connectivity index (χ3v) is 3.11. The van der Waals surface area contributed by atoms with Crippen LogP contribution in [0.3, 0.4) is 0 Å². The van der Waals surface area contributed by atoms with E-state index in [1.165, 1.54) is 36.1 Å². The van der Waals surface area contributed by atoms with E-state index in [9.17, 15) is 0 Å². The van der Waals surface area contributed by atoms with Crippen LogP contribution in [0.25, 0.3) is 0 Å². The summed E-state index contributed by atoms with van der Waals surface area (Å²) >= 11 is 0. The van der Waals surface area contributed by atoms with Gasteiger partial charge in [-0.25, -0.2) is 0 Å². The number of nitrogens with one attached hydrogen (secondary N) is 2. The number of aryl methyl sites for hydroxylation is 1. The highest BCUT2D eigenvalue weighted by Crippen LogP contribution is 2.26. The zero-order chi connectivity index (χ0) is 11.4. The zero-order valence-electron chi connectivity index (χ0n) is 10.3. The molecule has 1 aromatic rings. The standard InChI is InChI=1S/C14H22N2/c1-11(2)15-9-4-7-12-5-3-6-13-8-10-16-14(12)13/h3,5-6,11,15-16H,4,7-10H2,1-2H3. The number of benzene rings is 1. The minimum Gasteiger partial charge on any atom is -0.384 e.